The zero-order valence-corrected chi connectivity index (χ0v) is 7.32. The third kappa shape index (κ3) is 1.64. The second kappa shape index (κ2) is 3.66. The van der Waals surface area contributed by atoms with Gasteiger partial charge >= 0.3 is 6.01 Å². The summed E-state index contributed by atoms with van der Waals surface area (Å²) in [6, 6.07) is 0.194. The molecule has 0 saturated carbocycles. The van der Waals surface area contributed by atoms with Crippen LogP contribution in [0.2, 0.25) is 0 Å². The monoisotopic (exact) mass is 178 g/mol. The lowest BCUT2D eigenvalue weighted by atomic mass is 10.3. The maximum absolute atomic E-state index is 5.57. The molecule has 5 nitrogen and oxygen atoms in total. The van der Waals surface area contributed by atoms with Gasteiger partial charge in [0, 0.05) is 0 Å². The van der Waals surface area contributed by atoms with E-state index in [1.807, 2.05) is 0 Å². The highest BCUT2D eigenvalue weighted by Crippen LogP contribution is 2.25. The summed E-state index contributed by atoms with van der Waals surface area (Å²) in [6.07, 6.45) is 1.52. The molecule has 0 bridgehead atoms. The van der Waals surface area contributed by atoms with Gasteiger partial charge in [0.15, 0.2) is 5.82 Å². The number of anilines is 1. The Kier molecular flexibility index (Phi) is 2.59. The summed E-state index contributed by atoms with van der Waals surface area (Å²) in [5, 5.41) is 0. The molecule has 0 saturated heterocycles. The van der Waals surface area contributed by atoms with Crippen LogP contribution in [0.15, 0.2) is 11.6 Å². The van der Waals surface area contributed by atoms with Gasteiger partial charge in [0.1, 0.15) is 5.69 Å². The zero-order valence-electron chi connectivity index (χ0n) is 7.32. The van der Waals surface area contributed by atoms with E-state index in [1.165, 1.54) is 13.2 Å². The average Bonchev–Trinajstić information content (AvgIpc) is 2.16. The summed E-state index contributed by atoms with van der Waals surface area (Å²) in [6.45, 7) is 6.92. The largest absolute Gasteiger partial charge is 0.467 e. The molecule has 2 N–H and O–H groups in total. The predicted octanol–water partition coefficient (Wildman–Crippen LogP) is 1.04. The molecule has 0 amide bonds. The average molecular weight is 178 g/mol. The van der Waals surface area contributed by atoms with Gasteiger partial charge in [0.05, 0.1) is 12.8 Å². The van der Waals surface area contributed by atoms with Crippen LogP contribution in [0.3, 0.4) is 0 Å². The highest BCUT2D eigenvalue weighted by molar-refractivity contribution is 5.71. The van der Waals surface area contributed by atoms with E-state index in [9.17, 15) is 0 Å². The SMILES string of the molecule is C=Cc1nc(OC)nc(N)c1N=C. The molecule has 1 aromatic rings. The van der Waals surface area contributed by atoms with Gasteiger partial charge in [-0.05, 0) is 12.8 Å². The standard InChI is InChI=1S/C8H10N4O/c1-4-5-6(10-2)7(9)12-8(11-5)13-3/h4H,1-2H2,3H3,(H2,9,11,12). The first-order valence-electron chi connectivity index (χ1n) is 3.53. The topological polar surface area (TPSA) is 73.4 Å². The van der Waals surface area contributed by atoms with Crippen molar-refractivity contribution in [1.29, 1.82) is 0 Å². The summed E-state index contributed by atoms with van der Waals surface area (Å²) in [5.41, 5.74) is 6.51. The first-order valence-corrected chi connectivity index (χ1v) is 3.53. The van der Waals surface area contributed by atoms with Crippen molar-refractivity contribution in [2.45, 2.75) is 0 Å². The molecule has 1 heterocycles. The van der Waals surface area contributed by atoms with Crippen LogP contribution in [-0.2, 0) is 0 Å². The Hall–Kier alpha value is -1.91. The highest BCUT2D eigenvalue weighted by Gasteiger charge is 2.08. The van der Waals surface area contributed by atoms with E-state index >= 15 is 0 Å². The van der Waals surface area contributed by atoms with E-state index < -0.39 is 0 Å². The summed E-state index contributed by atoms with van der Waals surface area (Å²) >= 11 is 0. The lowest BCUT2D eigenvalue weighted by molar-refractivity contribution is 0.380. The Balaban J connectivity index is 3.36. The van der Waals surface area contributed by atoms with Crippen molar-refractivity contribution in [2.24, 2.45) is 4.99 Å². The fourth-order valence-corrected chi connectivity index (χ4v) is 0.864. The molecule has 68 valence electrons. The van der Waals surface area contributed by atoms with Crippen LogP contribution >= 0.6 is 0 Å². The molecule has 0 radical (unpaired) electrons. The molecule has 0 aliphatic carbocycles. The van der Waals surface area contributed by atoms with Crippen LogP contribution in [0.25, 0.3) is 6.08 Å². The van der Waals surface area contributed by atoms with Gasteiger partial charge in [0.25, 0.3) is 0 Å². The van der Waals surface area contributed by atoms with E-state index in [1.54, 1.807) is 0 Å². The first-order chi connectivity index (χ1) is 6.22. The Morgan fingerprint density at radius 3 is 2.69 bits per heavy atom. The van der Waals surface area contributed by atoms with Crippen LogP contribution in [0.4, 0.5) is 11.5 Å². The molecule has 1 aromatic heterocycles. The van der Waals surface area contributed by atoms with Crippen LogP contribution in [0.5, 0.6) is 6.01 Å². The molecule has 0 aromatic carbocycles. The number of rotatable bonds is 3. The second-order valence-electron chi connectivity index (χ2n) is 2.19. The Morgan fingerprint density at radius 1 is 1.54 bits per heavy atom. The quantitative estimate of drug-likeness (QED) is 0.702. The second-order valence-corrected chi connectivity index (χ2v) is 2.19. The third-order valence-corrected chi connectivity index (χ3v) is 1.45. The minimum Gasteiger partial charge on any atom is -0.467 e. The molecule has 5 heteroatoms. The molecule has 0 aliphatic rings. The van der Waals surface area contributed by atoms with Crippen molar-refractivity contribution < 1.29 is 4.74 Å². The van der Waals surface area contributed by atoms with E-state index in [0.717, 1.165) is 0 Å². The fraction of sp³-hybridized carbons (Fsp3) is 0.125. The molecule has 0 atom stereocenters. The number of methoxy groups -OCH3 is 1. The number of hydrogen-bond acceptors (Lipinski definition) is 5. The molecule has 0 aliphatic heterocycles. The van der Waals surface area contributed by atoms with Crippen molar-refractivity contribution in [1.82, 2.24) is 9.97 Å². The molecule has 1 rings (SSSR count). The van der Waals surface area contributed by atoms with Crippen LogP contribution in [-0.4, -0.2) is 23.8 Å². The predicted molar refractivity (Wildman–Crippen MR) is 52.3 cm³/mol. The molecule has 0 fully saturated rings. The van der Waals surface area contributed by atoms with E-state index in [4.69, 9.17) is 10.5 Å². The molecular formula is C8H10N4O. The summed E-state index contributed by atoms with van der Waals surface area (Å²) in [5.74, 6) is 0.233. The van der Waals surface area contributed by atoms with E-state index in [2.05, 4.69) is 28.3 Å². The van der Waals surface area contributed by atoms with E-state index in [-0.39, 0.29) is 11.8 Å². The fourth-order valence-electron chi connectivity index (χ4n) is 0.864. The minimum absolute atomic E-state index is 0.194. The van der Waals surface area contributed by atoms with Crippen LogP contribution in [0, 0.1) is 0 Å². The summed E-state index contributed by atoms with van der Waals surface area (Å²) < 4.78 is 4.82. The van der Waals surface area contributed by atoms with Crippen LogP contribution < -0.4 is 10.5 Å². The lowest BCUT2D eigenvalue weighted by Crippen LogP contribution is -1.99. The number of ether oxygens (including phenoxy) is 1. The van der Waals surface area contributed by atoms with Gasteiger partial charge in [-0.1, -0.05) is 6.58 Å². The molecule has 0 unspecified atom stereocenters. The van der Waals surface area contributed by atoms with Gasteiger partial charge in [-0.2, -0.15) is 9.97 Å². The normalized spacial score (nSPS) is 9.31. The van der Waals surface area contributed by atoms with E-state index in [0.29, 0.717) is 11.4 Å². The van der Waals surface area contributed by atoms with Gasteiger partial charge in [-0.15, -0.1) is 0 Å². The highest BCUT2D eigenvalue weighted by atomic mass is 16.5. The van der Waals surface area contributed by atoms with Crippen molar-refractivity contribution in [3.8, 4) is 6.01 Å². The summed E-state index contributed by atoms with van der Waals surface area (Å²) in [7, 11) is 1.46. The first kappa shape index (κ1) is 9.18. The van der Waals surface area contributed by atoms with Crippen molar-refractivity contribution in [3.05, 3.63) is 12.3 Å². The number of nitrogens with zero attached hydrogens (tertiary/aromatic N) is 3. The maximum Gasteiger partial charge on any atom is 0.318 e. The Labute approximate surface area is 76.0 Å². The van der Waals surface area contributed by atoms with Crippen molar-refractivity contribution >= 4 is 24.3 Å². The molecule has 13 heavy (non-hydrogen) atoms. The Bertz CT molecular complexity index is 348. The van der Waals surface area contributed by atoms with Gasteiger partial charge in [0.2, 0.25) is 0 Å². The lowest BCUT2D eigenvalue weighted by Gasteiger charge is -2.04. The maximum atomic E-state index is 5.57. The Morgan fingerprint density at radius 2 is 2.23 bits per heavy atom. The third-order valence-electron chi connectivity index (χ3n) is 1.45. The van der Waals surface area contributed by atoms with Gasteiger partial charge in [-0.3, -0.25) is 4.99 Å². The van der Waals surface area contributed by atoms with Gasteiger partial charge < -0.3 is 10.5 Å². The van der Waals surface area contributed by atoms with Crippen LogP contribution in [0.1, 0.15) is 5.69 Å². The van der Waals surface area contributed by atoms with Crippen molar-refractivity contribution in [3.63, 3.8) is 0 Å². The van der Waals surface area contributed by atoms with Gasteiger partial charge in [-0.25, -0.2) is 0 Å². The number of nitrogens with two attached hydrogens (primary N) is 1. The molecular weight excluding hydrogens is 168 g/mol. The number of aromatic nitrogens is 2. The summed E-state index contributed by atoms with van der Waals surface area (Å²) in [4.78, 5) is 11.5. The molecule has 0 spiro atoms. The minimum atomic E-state index is 0.194. The number of aliphatic imine (C=N–C) groups is 1. The number of nitrogen functional groups attached to an aromatic ring is 1. The van der Waals surface area contributed by atoms with Crippen molar-refractivity contribution in [2.75, 3.05) is 12.8 Å². The smallest absolute Gasteiger partial charge is 0.318 e. The number of hydrogen-bond donors (Lipinski definition) is 1. The zero-order chi connectivity index (χ0) is 9.84.